The average molecular weight is 469 g/mol. The number of primary amides is 1. The van der Waals surface area contributed by atoms with Gasteiger partial charge >= 0.3 is 0 Å². The molecule has 2 heterocycles. The summed E-state index contributed by atoms with van der Waals surface area (Å²) >= 11 is 0. The van der Waals surface area contributed by atoms with Crippen molar-refractivity contribution in [1.29, 1.82) is 0 Å². The van der Waals surface area contributed by atoms with Gasteiger partial charge in [0.15, 0.2) is 11.6 Å². The van der Waals surface area contributed by atoms with E-state index >= 15 is 0 Å². The van der Waals surface area contributed by atoms with Gasteiger partial charge in [0.2, 0.25) is 5.91 Å². The maximum atomic E-state index is 14.8. The van der Waals surface area contributed by atoms with Gasteiger partial charge in [0.1, 0.15) is 5.82 Å². The zero-order valence-corrected chi connectivity index (χ0v) is 19.4. The molecule has 0 saturated carbocycles. The number of nitrogens with zero attached hydrogens (tertiary/aromatic N) is 2. The van der Waals surface area contributed by atoms with Gasteiger partial charge in [-0.25, -0.2) is 9.37 Å². The summed E-state index contributed by atoms with van der Waals surface area (Å²) in [5, 5.41) is 8.66. The molecule has 0 bridgehead atoms. The Morgan fingerprint density at radius 3 is 2.50 bits per heavy atom. The molecule has 0 spiro atoms. The van der Waals surface area contributed by atoms with Gasteiger partial charge in [0.25, 0.3) is 11.8 Å². The Morgan fingerprint density at radius 2 is 1.91 bits per heavy atom. The summed E-state index contributed by atoms with van der Waals surface area (Å²) in [5.41, 5.74) is 5.97. The second kappa shape index (κ2) is 9.90. The highest BCUT2D eigenvalue weighted by Crippen LogP contribution is 2.28. The van der Waals surface area contributed by atoms with Crippen molar-refractivity contribution in [2.75, 3.05) is 23.3 Å². The van der Waals surface area contributed by atoms with E-state index in [-0.39, 0.29) is 40.6 Å². The molecule has 1 aromatic carbocycles. The maximum Gasteiger partial charge on any atom is 0.252 e. The number of nitrogens with one attached hydrogen (secondary N) is 3. The highest BCUT2D eigenvalue weighted by atomic mass is 19.1. The first-order chi connectivity index (χ1) is 16.0. The summed E-state index contributed by atoms with van der Waals surface area (Å²) < 4.78 is 14.8. The predicted molar refractivity (Wildman–Crippen MR) is 129 cm³/mol. The van der Waals surface area contributed by atoms with Gasteiger partial charge < -0.3 is 26.6 Å². The SMILES string of the molecule is C=CC(=O)N[C@H]1CCN(c2nc(Nc3ccc(C(=O)NC(C)(C)C)cc3)c(C(N)=O)cc2F)C1. The molecule has 180 valence electrons. The van der Waals surface area contributed by atoms with Gasteiger partial charge in [-0.15, -0.1) is 0 Å². The first-order valence-corrected chi connectivity index (χ1v) is 10.8. The third-order valence-corrected chi connectivity index (χ3v) is 5.14. The minimum atomic E-state index is -0.834. The number of pyridine rings is 1. The molecule has 9 nitrogen and oxygen atoms in total. The van der Waals surface area contributed by atoms with Crippen LogP contribution in [0.2, 0.25) is 0 Å². The fourth-order valence-corrected chi connectivity index (χ4v) is 3.57. The number of hydrogen-bond donors (Lipinski definition) is 4. The second-order valence-electron chi connectivity index (χ2n) is 9.11. The van der Waals surface area contributed by atoms with Crippen LogP contribution in [0.15, 0.2) is 43.0 Å². The molecule has 34 heavy (non-hydrogen) atoms. The largest absolute Gasteiger partial charge is 0.365 e. The maximum absolute atomic E-state index is 14.8. The Bertz CT molecular complexity index is 1110. The van der Waals surface area contributed by atoms with E-state index in [1.165, 1.54) is 6.08 Å². The number of benzene rings is 1. The Hall–Kier alpha value is -3.95. The molecule has 2 aromatic rings. The lowest BCUT2D eigenvalue weighted by Gasteiger charge is -2.21. The molecule has 0 aliphatic carbocycles. The molecule has 1 aliphatic heterocycles. The number of carbonyl (C=O) groups is 3. The molecule has 5 N–H and O–H groups in total. The quantitative estimate of drug-likeness (QED) is 0.462. The minimum Gasteiger partial charge on any atom is -0.365 e. The normalized spacial score (nSPS) is 15.5. The van der Waals surface area contributed by atoms with Crippen LogP contribution in [-0.2, 0) is 4.79 Å². The molecular formula is C24H29FN6O3. The van der Waals surface area contributed by atoms with Crippen LogP contribution >= 0.6 is 0 Å². The number of nitrogens with two attached hydrogens (primary N) is 1. The number of hydrogen-bond acceptors (Lipinski definition) is 6. The molecule has 0 radical (unpaired) electrons. The lowest BCUT2D eigenvalue weighted by atomic mass is 10.1. The molecular weight excluding hydrogens is 439 g/mol. The van der Waals surface area contributed by atoms with Crippen LogP contribution in [-0.4, -0.2) is 47.4 Å². The van der Waals surface area contributed by atoms with Crippen LogP contribution in [0.3, 0.4) is 0 Å². The highest BCUT2D eigenvalue weighted by Gasteiger charge is 2.28. The van der Waals surface area contributed by atoms with Crippen molar-refractivity contribution < 1.29 is 18.8 Å². The van der Waals surface area contributed by atoms with Gasteiger partial charge in [0, 0.05) is 35.9 Å². The van der Waals surface area contributed by atoms with E-state index in [9.17, 15) is 18.8 Å². The Kier molecular flexibility index (Phi) is 7.19. The molecule has 1 fully saturated rings. The highest BCUT2D eigenvalue weighted by molar-refractivity contribution is 5.99. The van der Waals surface area contributed by atoms with E-state index in [1.54, 1.807) is 29.2 Å². The van der Waals surface area contributed by atoms with Gasteiger partial charge in [-0.05, 0) is 63.6 Å². The Balaban J connectivity index is 1.82. The summed E-state index contributed by atoms with van der Waals surface area (Å²) in [7, 11) is 0. The first kappa shape index (κ1) is 24.7. The van der Waals surface area contributed by atoms with Gasteiger partial charge in [-0.3, -0.25) is 14.4 Å². The minimum absolute atomic E-state index is 0.0454. The fraction of sp³-hybridized carbons (Fsp3) is 0.333. The number of halogens is 1. The lowest BCUT2D eigenvalue weighted by molar-refractivity contribution is -0.117. The summed E-state index contributed by atoms with van der Waals surface area (Å²) in [6.45, 7) is 9.93. The molecule has 0 unspecified atom stereocenters. The van der Waals surface area contributed by atoms with Crippen molar-refractivity contribution >= 4 is 35.0 Å². The first-order valence-electron chi connectivity index (χ1n) is 10.8. The van der Waals surface area contributed by atoms with Crippen molar-refractivity contribution in [3.8, 4) is 0 Å². The van der Waals surface area contributed by atoms with E-state index < -0.39 is 11.7 Å². The number of amides is 3. The van der Waals surface area contributed by atoms with Crippen LogP contribution < -0.4 is 26.6 Å². The van der Waals surface area contributed by atoms with Crippen LogP contribution in [0.5, 0.6) is 0 Å². The van der Waals surface area contributed by atoms with Crippen molar-refractivity contribution in [2.45, 2.75) is 38.8 Å². The molecule has 3 amide bonds. The van der Waals surface area contributed by atoms with Crippen LogP contribution in [0.25, 0.3) is 0 Å². The number of aromatic nitrogens is 1. The van der Waals surface area contributed by atoms with E-state index in [4.69, 9.17) is 5.73 Å². The molecule has 10 heteroatoms. The smallest absolute Gasteiger partial charge is 0.252 e. The summed E-state index contributed by atoms with van der Waals surface area (Å²) in [6.07, 6.45) is 1.79. The topological polar surface area (TPSA) is 129 Å². The monoisotopic (exact) mass is 468 g/mol. The molecule has 1 saturated heterocycles. The van der Waals surface area contributed by atoms with Crippen LogP contribution in [0.4, 0.5) is 21.7 Å². The van der Waals surface area contributed by atoms with Crippen molar-refractivity contribution in [3.63, 3.8) is 0 Å². The fourth-order valence-electron chi connectivity index (χ4n) is 3.57. The van der Waals surface area contributed by atoms with Crippen molar-refractivity contribution in [2.24, 2.45) is 5.73 Å². The van der Waals surface area contributed by atoms with Crippen LogP contribution in [0.1, 0.15) is 47.9 Å². The van der Waals surface area contributed by atoms with E-state index in [0.29, 0.717) is 30.8 Å². The van der Waals surface area contributed by atoms with E-state index in [0.717, 1.165) is 6.07 Å². The van der Waals surface area contributed by atoms with Gasteiger partial charge in [0.05, 0.1) is 5.56 Å². The van der Waals surface area contributed by atoms with Crippen LogP contribution in [0, 0.1) is 5.82 Å². The summed E-state index contributed by atoms with van der Waals surface area (Å²) in [5.74, 6) is -1.90. The molecule has 1 atom stereocenters. The number of anilines is 3. The molecule has 3 rings (SSSR count). The molecule has 1 aliphatic rings. The van der Waals surface area contributed by atoms with Crippen molar-refractivity contribution in [3.05, 3.63) is 59.9 Å². The number of carbonyl (C=O) groups excluding carboxylic acids is 3. The standard InChI is InChI=1S/C24H29FN6O3/c1-5-19(32)27-16-10-11-31(13-16)22-18(25)12-17(20(26)33)21(29-22)28-15-8-6-14(7-9-15)23(34)30-24(2,3)4/h5-9,12,16H,1,10-11,13H2,2-4H3,(H2,26,33)(H,27,32)(H,28,29)(H,30,34)/t16-/m0/s1. The number of rotatable bonds is 7. The third kappa shape index (κ3) is 6.09. The molecule has 1 aromatic heterocycles. The lowest BCUT2D eigenvalue weighted by Crippen LogP contribution is -2.40. The van der Waals surface area contributed by atoms with E-state index in [2.05, 4.69) is 27.5 Å². The van der Waals surface area contributed by atoms with Gasteiger partial charge in [-0.2, -0.15) is 0 Å². The summed E-state index contributed by atoms with van der Waals surface area (Å²) in [6, 6.07) is 7.45. The summed E-state index contributed by atoms with van der Waals surface area (Å²) in [4.78, 5) is 41.9. The van der Waals surface area contributed by atoms with E-state index in [1.807, 2.05) is 20.8 Å². The predicted octanol–water partition coefficient (Wildman–Crippen LogP) is 2.47. The zero-order chi connectivity index (χ0) is 25.0. The van der Waals surface area contributed by atoms with Gasteiger partial charge in [-0.1, -0.05) is 6.58 Å². The average Bonchev–Trinajstić information content (AvgIpc) is 3.21. The zero-order valence-electron chi connectivity index (χ0n) is 19.4. The Morgan fingerprint density at radius 1 is 1.24 bits per heavy atom. The Labute approximate surface area is 197 Å². The second-order valence-corrected chi connectivity index (χ2v) is 9.11. The third-order valence-electron chi connectivity index (χ3n) is 5.14. The van der Waals surface area contributed by atoms with Crippen molar-refractivity contribution in [1.82, 2.24) is 15.6 Å².